The van der Waals surface area contributed by atoms with Gasteiger partial charge in [0.1, 0.15) is 18.2 Å². The summed E-state index contributed by atoms with van der Waals surface area (Å²) >= 11 is 3.49. The molecule has 0 bridgehead atoms. The van der Waals surface area contributed by atoms with Gasteiger partial charge in [-0.1, -0.05) is 52.3 Å². The summed E-state index contributed by atoms with van der Waals surface area (Å²) < 4.78 is 6.89. The van der Waals surface area contributed by atoms with Crippen LogP contribution in [-0.2, 0) is 6.42 Å². The Hall–Kier alpha value is -4.24. The number of anilines is 1. The summed E-state index contributed by atoms with van der Waals surface area (Å²) in [5.41, 5.74) is 9.53. The van der Waals surface area contributed by atoms with E-state index in [1.165, 1.54) is 0 Å². The lowest BCUT2D eigenvalue weighted by Crippen LogP contribution is -2.39. The molecule has 1 amide bonds. The third-order valence-corrected chi connectivity index (χ3v) is 6.28. The van der Waals surface area contributed by atoms with Gasteiger partial charge >= 0.3 is 6.09 Å². The minimum absolute atomic E-state index is 0.144. The van der Waals surface area contributed by atoms with Crippen LogP contribution in [0.3, 0.4) is 0 Å². The summed E-state index contributed by atoms with van der Waals surface area (Å²) in [7, 11) is 0. The molecule has 9 heteroatoms. The topological polar surface area (TPSA) is 123 Å². The lowest BCUT2D eigenvalue weighted by atomic mass is 10.0. The van der Waals surface area contributed by atoms with Crippen LogP contribution in [0.5, 0.6) is 5.75 Å². The lowest BCUT2D eigenvalue weighted by Gasteiger charge is -2.18. The summed E-state index contributed by atoms with van der Waals surface area (Å²) in [6.07, 6.45) is 4.41. The van der Waals surface area contributed by atoms with Gasteiger partial charge < -0.3 is 20.9 Å². The maximum atomic E-state index is 11.3. The van der Waals surface area contributed by atoms with E-state index >= 15 is 0 Å². The quantitative estimate of drug-likeness (QED) is 0.233. The maximum absolute atomic E-state index is 11.3. The molecule has 0 aliphatic carbocycles. The van der Waals surface area contributed by atoms with Crippen LogP contribution in [0, 0.1) is 0 Å². The molecule has 0 saturated heterocycles. The first-order valence-electron chi connectivity index (χ1n) is 11.2. The van der Waals surface area contributed by atoms with Crippen molar-refractivity contribution in [1.29, 1.82) is 0 Å². The Morgan fingerprint density at radius 1 is 1.03 bits per heavy atom. The number of nitrogens with two attached hydrogens (primary N) is 1. The number of carboxylic acid groups (broad SMARTS) is 1. The Bertz CT molecular complexity index is 1560. The molecule has 0 aliphatic rings. The maximum Gasteiger partial charge on any atom is 0.405 e. The third kappa shape index (κ3) is 5.21. The van der Waals surface area contributed by atoms with Crippen molar-refractivity contribution in [3.8, 4) is 17.0 Å². The van der Waals surface area contributed by atoms with Crippen LogP contribution in [0.4, 0.5) is 10.6 Å². The molecule has 4 N–H and O–H groups in total. The zero-order valence-electron chi connectivity index (χ0n) is 19.1. The van der Waals surface area contributed by atoms with Crippen LogP contribution in [0.25, 0.3) is 32.9 Å². The van der Waals surface area contributed by atoms with Crippen molar-refractivity contribution in [3.63, 3.8) is 0 Å². The summed E-state index contributed by atoms with van der Waals surface area (Å²) in [5.74, 6) is 0.876. The second kappa shape index (κ2) is 10.2. The highest BCUT2D eigenvalue weighted by molar-refractivity contribution is 9.10. The molecular weight excluding hydrogens is 522 g/mol. The molecule has 3 heterocycles. The first-order valence-corrected chi connectivity index (χ1v) is 12.0. The Morgan fingerprint density at radius 2 is 1.86 bits per heavy atom. The van der Waals surface area contributed by atoms with E-state index in [1.54, 1.807) is 18.6 Å². The average Bonchev–Trinajstić information content (AvgIpc) is 2.87. The largest absolute Gasteiger partial charge is 0.490 e. The van der Waals surface area contributed by atoms with Crippen molar-refractivity contribution < 1.29 is 14.6 Å². The normalized spacial score (nSPS) is 11.9. The van der Waals surface area contributed by atoms with E-state index < -0.39 is 12.1 Å². The van der Waals surface area contributed by atoms with Crippen molar-refractivity contribution in [2.75, 3.05) is 12.3 Å². The van der Waals surface area contributed by atoms with E-state index in [2.05, 4.69) is 36.2 Å². The fourth-order valence-electron chi connectivity index (χ4n) is 4.11. The molecule has 3 aromatic heterocycles. The van der Waals surface area contributed by atoms with Gasteiger partial charge in [0.2, 0.25) is 0 Å². The Kier molecular flexibility index (Phi) is 6.64. The van der Waals surface area contributed by atoms with E-state index in [9.17, 15) is 9.90 Å². The SMILES string of the molecule is Nc1nc(-c2cncc(OC[C@H](Cc3ccccc3)NC(=O)O)c2)cc2c1cnc1cc(Br)ccc12. The van der Waals surface area contributed by atoms with Crippen molar-refractivity contribution in [2.45, 2.75) is 12.5 Å². The molecular formula is C27H22BrN5O3. The fraction of sp³-hybridized carbons (Fsp3) is 0.111. The minimum Gasteiger partial charge on any atom is -0.490 e. The molecule has 0 aliphatic heterocycles. The van der Waals surface area contributed by atoms with E-state index in [1.807, 2.05) is 60.7 Å². The van der Waals surface area contributed by atoms with Gasteiger partial charge in [0.15, 0.2) is 0 Å². The molecule has 8 nitrogen and oxygen atoms in total. The molecule has 0 radical (unpaired) electrons. The Morgan fingerprint density at radius 3 is 2.67 bits per heavy atom. The van der Waals surface area contributed by atoms with Gasteiger partial charge in [-0.2, -0.15) is 0 Å². The fourth-order valence-corrected chi connectivity index (χ4v) is 4.46. The molecule has 0 saturated carbocycles. The highest BCUT2D eigenvalue weighted by Crippen LogP contribution is 2.32. The second-order valence-corrected chi connectivity index (χ2v) is 9.25. The molecule has 0 unspecified atom stereocenters. The van der Waals surface area contributed by atoms with Crippen LogP contribution < -0.4 is 15.8 Å². The number of benzene rings is 2. The smallest absolute Gasteiger partial charge is 0.405 e. The number of carbonyl (C=O) groups is 1. The Labute approximate surface area is 215 Å². The number of nitrogens with zero attached hydrogens (tertiary/aromatic N) is 3. The molecule has 36 heavy (non-hydrogen) atoms. The van der Waals surface area contributed by atoms with E-state index in [0.717, 1.165) is 37.3 Å². The number of nitrogens with one attached hydrogen (secondary N) is 1. The molecule has 1 atom stereocenters. The zero-order valence-corrected chi connectivity index (χ0v) is 20.6. The molecule has 2 aromatic carbocycles. The number of fused-ring (bicyclic) bond motifs is 3. The molecule has 5 rings (SSSR count). The van der Waals surface area contributed by atoms with Crippen molar-refractivity contribution in [2.24, 2.45) is 0 Å². The monoisotopic (exact) mass is 543 g/mol. The number of ether oxygens (including phenoxy) is 1. The number of pyridine rings is 3. The average molecular weight is 544 g/mol. The van der Waals surface area contributed by atoms with Gasteiger partial charge in [-0.15, -0.1) is 0 Å². The number of aromatic nitrogens is 3. The molecule has 5 aromatic rings. The van der Waals surface area contributed by atoms with Crippen LogP contribution in [0.15, 0.2) is 83.7 Å². The van der Waals surface area contributed by atoms with E-state index in [-0.39, 0.29) is 6.61 Å². The van der Waals surface area contributed by atoms with E-state index in [0.29, 0.717) is 23.7 Å². The summed E-state index contributed by atoms with van der Waals surface area (Å²) in [6, 6.07) is 18.9. The first-order chi connectivity index (χ1) is 17.5. The number of rotatable bonds is 7. The standard InChI is InChI=1S/C27H22BrN5O3/c28-18-6-7-21-22-11-24(33-26(29)23(22)14-31-25(21)10-18)17-9-20(13-30-12-17)36-15-19(32-27(34)35)8-16-4-2-1-3-5-16/h1-7,9-14,19,32H,8,15H2,(H2,29,33)(H,34,35)/t19-/m0/s1. The van der Waals surface area contributed by atoms with Crippen LogP contribution in [0.1, 0.15) is 5.56 Å². The molecule has 180 valence electrons. The third-order valence-electron chi connectivity index (χ3n) is 5.78. The highest BCUT2D eigenvalue weighted by Gasteiger charge is 2.15. The van der Waals surface area contributed by atoms with Crippen LogP contribution >= 0.6 is 15.9 Å². The van der Waals surface area contributed by atoms with Crippen LogP contribution in [-0.4, -0.2) is 38.8 Å². The minimum atomic E-state index is -1.10. The highest BCUT2D eigenvalue weighted by atomic mass is 79.9. The second-order valence-electron chi connectivity index (χ2n) is 8.33. The van der Waals surface area contributed by atoms with E-state index in [4.69, 9.17) is 10.5 Å². The first kappa shape index (κ1) is 23.5. The predicted molar refractivity (Wildman–Crippen MR) is 143 cm³/mol. The summed E-state index contributed by atoms with van der Waals surface area (Å²) in [4.78, 5) is 24.7. The summed E-state index contributed by atoms with van der Waals surface area (Å²) in [5, 5.41) is 14.5. The number of amides is 1. The van der Waals surface area contributed by atoms with Crippen LogP contribution in [0.2, 0.25) is 0 Å². The van der Waals surface area contributed by atoms with Gasteiger partial charge in [-0.05, 0) is 41.6 Å². The lowest BCUT2D eigenvalue weighted by molar-refractivity contribution is 0.180. The Balaban J connectivity index is 1.42. The van der Waals surface area contributed by atoms with Crippen molar-refractivity contribution in [3.05, 3.63) is 89.3 Å². The summed E-state index contributed by atoms with van der Waals surface area (Å²) in [6.45, 7) is 0.144. The van der Waals surface area contributed by atoms with Gasteiger partial charge in [-0.3, -0.25) is 9.97 Å². The molecule has 0 fully saturated rings. The number of halogens is 1. The number of hydrogen-bond donors (Lipinski definition) is 3. The number of nitrogen functional groups attached to an aromatic ring is 1. The van der Waals surface area contributed by atoms with Gasteiger partial charge in [0.25, 0.3) is 0 Å². The van der Waals surface area contributed by atoms with Gasteiger partial charge in [0, 0.05) is 33.2 Å². The van der Waals surface area contributed by atoms with Crippen molar-refractivity contribution >= 4 is 49.5 Å². The van der Waals surface area contributed by atoms with Gasteiger partial charge in [-0.25, -0.2) is 9.78 Å². The number of hydrogen-bond acceptors (Lipinski definition) is 6. The molecule has 0 spiro atoms. The zero-order chi connectivity index (χ0) is 25.1. The predicted octanol–water partition coefficient (Wildman–Crippen LogP) is 5.45. The van der Waals surface area contributed by atoms with Crippen molar-refractivity contribution in [1.82, 2.24) is 20.3 Å². The van der Waals surface area contributed by atoms with Gasteiger partial charge in [0.05, 0.1) is 23.4 Å².